The van der Waals surface area contributed by atoms with Crippen molar-refractivity contribution in [3.8, 4) is 0 Å². The Bertz CT molecular complexity index is 660. The second kappa shape index (κ2) is 6.13. The summed E-state index contributed by atoms with van der Waals surface area (Å²) in [5.74, 6) is 0.881. The molecule has 3 N–H and O–H groups in total. The summed E-state index contributed by atoms with van der Waals surface area (Å²) >= 11 is 1.46. The number of rotatable bonds is 5. The predicted molar refractivity (Wildman–Crippen MR) is 81.5 cm³/mol. The molecule has 7 nitrogen and oxygen atoms in total. The molecule has 1 aliphatic carbocycles. The number of aromatic nitrogens is 3. The third-order valence-corrected chi connectivity index (χ3v) is 4.82. The predicted octanol–water partition coefficient (Wildman–Crippen LogP) is 1.54. The molecular weight excluding hydrogens is 302 g/mol. The zero-order chi connectivity index (χ0) is 15.6. The van der Waals surface area contributed by atoms with Gasteiger partial charge in [0.1, 0.15) is 11.2 Å². The van der Waals surface area contributed by atoms with Crippen LogP contribution in [0.3, 0.4) is 0 Å². The maximum Gasteiger partial charge on any atom is 0.271 e. The molecule has 0 atom stereocenters. The fraction of sp³-hybridized carbons (Fsp3) is 0.571. The summed E-state index contributed by atoms with van der Waals surface area (Å²) in [6.45, 7) is 2.28. The number of carbonyl (C=O) groups excluding carboxylic acids is 1. The molecule has 0 aliphatic heterocycles. The Balaban J connectivity index is 1.80. The minimum atomic E-state index is -0.535. The lowest BCUT2D eigenvalue weighted by Gasteiger charge is -2.26. The Kier molecular flexibility index (Phi) is 4.21. The lowest BCUT2D eigenvalue weighted by molar-refractivity contribution is 0.0887. The molecule has 0 saturated heterocycles. The topological polar surface area (TPSA) is 107 Å². The maximum atomic E-state index is 12.5. The first kappa shape index (κ1) is 15.1. The standard InChI is InChI=1S/C14H19N5O2S/c1-9-16-13(19-21-9)14(5-2-3-6-14)18-12(20)10-8-22-11(17-10)4-7-15/h8H,2-7,15H2,1H3,(H,18,20). The number of nitrogens with zero attached hydrogens (tertiary/aromatic N) is 3. The van der Waals surface area contributed by atoms with Crippen LogP contribution in [0.4, 0.5) is 0 Å². The highest BCUT2D eigenvalue weighted by Gasteiger charge is 2.41. The Labute approximate surface area is 132 Å². The van der Waals surface area contributed by atoms with Crippen LogP contribution in [0.5, 0.6) is 0 Å². The number of amides is 1. The van der Waals surface area contributed by atoms with Gasteiger partial charge in [0.25, 0.3) is 5.91 Å². The van der Waals surface area contributed by atoms with E-state index in [1.165, 1.54) is 11.3 Å². The van der Waals surface area contributed by atoms with Crippen molar-refractivity contribution < 1.29 is 9.32 Å². The van der Waals surface area contributed by atoms with E-state index in [0.29, 0.717) is 30.4 Å². The van der Waals surface area contributed by atoms with Gasteiger partial charge in [-0.2, -0.15) is 4.98 Å². The first-order valence-electron chi connectivity index (χ1n) is 7.41. The Hall–Kier alpha value is -1.80. The van der Waals surface area contributed by atoms with Crippen molar-refractivity contribution in [2.45, 2.75) is 44.6 Å². The zero-order valence-electron chi connectivity index (χ0n) is 12.5. The van der Waals surface area contributed by atoms with Gasteiger partial charge in [-0.3, -0.25) is 4.79 Å². The van der Waals surface area contributed by atoms with Crippen LogP contribution < -0.4 is 11.1 Å². The molecular formula is C14H19N5O2S. The lowest BCUT2D eigenvalue weighted by Crippen LogP contribution is -2.44. The fourth-order valence-electron chi connectivity index (χ4n) is 2.81. The molecule has 1 fully saturated rings. The van der Waals surface area contributed by atoms with Crippen LogP contribution in [0.15, 0.2) is 9.90 Å². The number of nitrogens with one attached hydrogen (secondary N) is 1. The van der Waals surface area contributed by atoms with Gasteiger partial charge in [0, 0.05) is 18.7 Å². The Morgan fingerprint density at radius 1 is 1.45 bits per heavy atom. The maximum absolute atomic E-state index is 12.5. The van der Waals surface area contributed by atoms with Gasteiger partial charge in [0.2, 0.25) is 5.89 Å². The second-order valence-corrected chi connectivity index (χ2v) is 6.49. The molecule has 0 spiro atoms. The van der Waals surface area contributed by atoms with E-state index in [1.807, 2.05) is 0 Å². The number of nitrogens with two attached hydrogens (primary N) is 1. The molecule has 0 aromatic carbocycles. The van der Waals surface area contributed by atoms with Crippen molar-refractivity contribution in [3.63, 3.8) is 0 Å². The highest BCUT2D eigenvalue weighted by Crippen LogP contribution is 2.37. The van der Waals surface area contributed by atoms with Gasteiger partial charge in [-0.05, 0) is 19.4 Å². The van der Waals surface area contributed by atoms with Crippen LogP contribution in [-0.2, 0) is 12.0 Å². The first-order valence-corrected chi connectivity index (χ1v) is 8.29. The summed E-state index contributed by atoms with van der Waals surface area (Å²) in [4.78, 5) is 21.2. The zero-order valence-corrected chi connectivity index (χ0v) is 13.3. The summed E-state index contributed by atoms with van der Waals surface area (Å²) < 4.78 is 5.09. The van der Waals surface area contributed by atoms with E-state index in [-0.39, 0.29) is 5.91 Å². The lowest BCUT2D eigenvalue weighted by atomic mass is 9.96. The highest BCUT2D eigenvalue weighted by molar-refractivity contribution is 7.09. The van der Waals surface area contributed by atoms with Crippen LogP contribution >= 0.6 is 11.3 Å². The van der Waals surface area contributed by atoms with Crippen LogP contribution in [0.2, 0.25) is 0 Å². The molecule has 2 aromatic rings. The summed E-state index contributed by atoms with van der Waals surface area (Å²) in [7, 11) is 0. The monoisotopic (exact) mass is 321 g/mol. The molecule has 118 valence electrons. The highest BCUT2D eigenvalue weighted by atomic mass is 32.1. The Morgan fingerprint density at radius 2 is 2.23 bits per heavy atom. The van der Waals surface area contributed by atoms with E-state index >= 15 is 0 Å². The molecule has 0 radical (unpaired) electrons. The minimum Gasteiger partial charge on any atom is -0.340 e. The molecule has 3 rings (SSSR count). The Morgan fingerprint density at radius 3 is 2.86 bits per heavy atom. The molecule has 8 heteroatoms. The minimum absolute atomic E-state index is 0.191. The normalized spacial score (nSPS) is 16.8. The van der Waals surface area contributed by atoms with E-state index in [0.717, 1.165) is 30.7 Å². The largest absolute Gasteiger partial charge is 0.340 e. The third kappa shape index (κ3) is 2.89. The van der Waals surface area contributed by atoms with Crippen LogP contribution in [0.25, 0.3) is 0 Å². The van der Waals surface area contributed by atoms with Crippen molar-refractivity contribution in [1.29, 1.82) is 0 Å². The molecule has 0 bridgehead atoms. The first-order chi connectivity index (χ1) is 10.6. The van der Waals surface area contributed by atoms with E-state index < -0.39 is 5.54 Å². The molecule has 0 unspecified atom stereocenters. The number of carbonyl (C=O) groups is 1. The van der Waals surface area contributed by atoms with Crippen molar-refractivity contribution in [2.24, 2.45) is 5.73 Å². The van der Waals surface area contributed by atoms with Crippen LogP contribution in [0.1, 0.15) is 52.9 Å². The quantitative estimate of drug-likeness (QED) is 0.865. The summed E-state index contributed by atoms with van der Waals surface area (Å²) in [5.41, 5.74) is 5.41. The van der Waals surface area contributed by atoms with Gasteiger partial charge >= 0.3 is 0 Å². The average molecular weight is 321 g/mol. The van der Waals surface area contributed by atoms with Gasteiger partial charge in [-0.15, -0.1) is 11.3 Å². The van der Waals surface area contributed by atoms with Gasteiger partial charge in [-0.1, -0.05) is 18.0 Å². The van der Waals surface area contributed by atoms with Crippen LogP contribution in [0, 0.1) is 6.92 Å². The van der Waals surface area contributed by atoms with E-state index in [2.05, 4.69) is 20.4 Å². The SMILES string of the molecule is Cc1nc(C2(NC(=O)c3csc(CCN)n3)CCCC2)no1. The number of hydrogen-bond acceptors (Lipinski definition) is 7. The van der Waals surface area contributed by atoms with Crippen LogP contribution in [-0.4, -0.2) is 27.6 Å². The third-order valence-electron chi connectivity index (χ3n) is 3.91. The molecule has 1 amide bonds. The van der Waals surface area contributed by atoms with E-state index in [4.69, 9.17) is 10.3 Å². The number of aryl methyl sites for hydroxylation is 1. The van der Waals surface area contributed by atoms with Crippen molar-refractivity contribution in [2.75, 3.05) is 6.54 Å². The number of thiazole rings is 1. The summed E-state index contributed by atoms with van der Waals surface area (Å²) in [6.07, 6.45) is 4.38. The van der Waals surface area contributed by atoms with E-state index in [1.54, 1.807) is 12.3 Å². The average Bonchev–Trinajstić information content (AvgIpc) is 3.20. The molecule has 2 heterocycles. The van der Waals surface area contributed by atoms with Crippen molar-refractivity contribution in [3.05, 3.63) is 27.8 Å². The second-order valence-electron chi connectivity index (χ2n) is 5.55. The number of hydrogen-bond donors (Lipinski definition) is 2. The molecule has 2 aromatic heterocycles. The smallest absolute Gasteiger partial charge is 0.271 e. The van der Waals surface area contributed by atoms with Gasteiger partial charge in [0.05, 0.1) is 5.01 Å². The summed E-state index contributed by atoms with van der Waals surface area (Å²) in [6, 6.07) is 0. The van der Waals surface area contributed by atoms with E-state index in [9.17, 15) is 4.79 Å². The van der Waals surface area contributed by atoms with Gasteiger partial charge in [-0.25, -0.2) is 4.98 Å². The summed E-state index contributed by atoms with van der Waals surface area (Å²) in [5, 5.41) is 9.75. The van der Waals surface area contributed by atoms with Crippen molar-refractivity contribution in [1.82, 2.24) is 20.4 Å². The molecule has 1 saturated carbocycles. The van der Waals surface area contributed by atoms with Gasteiger partial charge in [0.15, 0.2) is 5.82 Å². The molecule has 22 heavy (non-hydrogen) atoms. The van der Waals surface area contributed by atoms with Crippen molar-refractivity contribution >= 4 is 17.2 Å². The molecule has 1 aliphatic rings. The fourth-order valence-corrected chi connectivity index (χ4v) is 3.61. The van der Waals surface area contributed by atoms with Gasteiger partial charge < -0.3 is 15.6 Å².